The number of rotatable bonds is 1. The molecule has 0 saturated heterocycles. The molecule has 0 spiro atoms. The Morgan fingerprint density at radius 1 is 1.44 bits per heavy atom. The maximum absolute atomic E-state index is 12.0. The molecular weight excluding hydrogens is 228 g/mol. The molecule has 1 aliphatic heterocycles. The SMILES string of the molecule is CC1C(=O)Nc2c(CN)cccc2S1(=O)=O. The third-order valence-corrected chi connectivity index (χ3v) is 4.82. The van der Waals surface area contributed by atoms with Crippen LogP contribution in [0.3, 0.4) is 0 Å². The zero-order chi connectivity index (χ0) is 11.9. The summed E-state index contributed by atoms with van der Waals surface area (Å²) >= 11 is 0. The van der Waals surface area contributed by atoms with E-state index in [4.69, 9.17) is 5.73 Å². The summed E-state index contributed by atoms with van der Waals surface area (Å²) in [6.45, 7) is 1.57. The smallest absolute Gasteiger partial charge is 0.242 e. The summed E-state index contributed by atoms with van der Waals surface area (Å²) in [6.07, 6.45) is 0. The van der Waals surface area contributed by atoms with E-state index in [2.05, 4.69) is 5.32 Å². The number of nitrogens with one attached hydrogen (secondary N) is 1. The summed E-state index contributed by atoms with van der Waals surface area (Å²) in [5.74, 6) is -0.506. The molecule has 0 saturated carbocycles. The topological polar surface area (TPSA) is 89.3 Å². The van der Waals surface area contributed by atoms with Crippen LogP contribution in [-0.4, -0.2) is 19.6 Å². The van der Waals surface area contributed by atoms with Gasteiger partial charge in [-0.05, 0) is 18.6 Å². The van der Waals surface area contributed by atoms with Crippen LogP contribution in [0.5, 0.6) is 0 Å². The molecule has 2 rings (SSSR count). The summed E-state index contributed by atoms with van der Waals surface area (Å²) in [6, 6.07) is 4.81. The van der Waals surface area contributed by atoms with Crippen molar-refractivity contribution < 1.29 is 13.2 Å². The highest BCUT2D eigenvalue weighted by molar-refractivity contribution is 7.93. The van der Waals surface area contributed by atoms with E-state index in [0.29, 0.717) is 11.3 Å². The van der Waals surface area contributed by atoms with Gasteiger partial charge in [0.25, 0.3) is 0 Å². The van der Waals surface area contributed by atoms with Crippen LogP contribution < -0.4 is 11.1 Å². The van der Waals surface area contributed by atoms with Crippen LogP contribution >= 0.6 is 0 Å². The van der Waals surface area contributed by atoms with Gasteiger partial charge in [0.05, 0.1) is 10.6 Å². The first-order valence-corrected chi connectivity index (χ1v) is 6.40. The zero-order valence-electron chi connectivity index (χ0n) is 8.73. The van der Waals surface area contributed by atoms with Gasteiger partial charge in [-0.2, -0.15) is 0 Å². The molecule has 1 atom stereocenters. The highest BCUT2D eigenvalue weighted by atomic mass is 32.2. The Morgan fingerprint density at radius 3 is 2.75 bits per heavy atom. The maximum Gasteiger partial charge on any atom is 0.242 e. The molecule has 6 heteroatoms. The van der Waals surface area contributed by atoms with Crippen molar-refractivity contribution in [2.24, 2.45) is 5.73 Å². The number of carbonyl (C=O) groups is 1. The monoisotopic (exact) mass is 240 g/mol. The van der Waals surface area contributed by atoms with Crippen LogP contribution in [0.25, 0.3) is 0 Å². The molecule has 86 valence electrons. The molecule has 0 aliphatic carbocycles. The second kappa shape index (κ2) is 3.57. The molecule has 0 radical (unpaired) electrons. The Balaban J connectivity index is 2.74. The van der Waals surface area contributed by atoms with Crippen LogP contribution in [0.1, 0.15) is 12.5 Å². The van der Waals surface area contributed by atoms with Crippen LogP contribution in [0.4, 0.5) is 5.69 Å². The van der Waals surface area contributed by atoms with Crippen molar-refractivity contribution in [3.63, 3.8) is 0 Å². The molecule has 5 nitrogen and oxygen atoms in total. The van der Waals surface area contributed by atoms with Crippen molar-refractivity contribution in [2.75, 3.05) is 5.32 Å². The standard InChI is InChI=1S/C10H12N2O3S/c1-6-10(13)12-9-7(5-11)3-2-4-8(9)16(6,14)15/h2-4,6H,5,11H2,1H3,(H,12,13). The molecule has 0 bridgehead atoms. The normalized spacial score (nSPS) is 22.4. The second-order valence-corrected chi connectivity index (χ2v) is 5.91. The second-order valence-electron chi connectivity index (χ2n) is 3.67. The van der Waals surface area contributed by atoms with Crippen molar-refractivity contribution in [2.45, 2.75) is 23.6 Å². The third-order valence-electron chi connectivity index (χ3n) is 2.72. The number of sulfone groups is 1. The molecule has 1 unspecified atom stereocenters. The van der Waals surface area contributed by atoms with Gasteiger partial charge in [-0.1, -0.05) is 12.1 Å². The zero-order valence-corrected chi connectivity index (χ0v) is 9.54. The molecule has 1 amide bonds. The number of carbonyl (C=O) groups excluding carboxylic acids is 1. The minimum absolute atomic E-state index is 0.155. The van der Waals surface area contributed by atoms with E-state index in [9.17, 15) is 13.2 Å². The van der Waals surface area contributed by atoms with Crippen molar-refractivity contribution >= 4 is 21.4 Å². The van der Waals surface area contributed by atoms with Crippen LogP contribution in [0.2, 0.25) is 0 Å². The number of para-hydroxylation sites is 1. The molecule has 1 aromatic rings. The lowest BCUT2D eigenvalue weighted by atomic mass is 10.1. The lowest BCUT2D eigenvalue weighted by Gasteiger charge is -2.24. The van der Waals surface area contributed by atoms with Gasteiger partial charge in [-0.25, -0.2) is 8.42 Å². The predicted octanol–water partition coefficient (Wildman–Crippen LogP) is 0.260. The number of anilines is 1. The minimum Gasteiger partial charge on any atom is -0.326 e. The van der Waals surface area contributed by atoms with Crippen LogP contribution in [0.15, 0.2) is 23.1 Å². The van der Waals surface area contributed by atoms with E-state index in [0.717, 1.165) is 0 Å². The number of hydrogen-bond donors (Lipinski definition) is 2. The molecule has 1 heterocycles. The Labute approximate surface area is 93.6 Å². The molecule has 3 N–H and O–H groups in total. The fourth-order valence-corrected chi connectivity index (χ4v) is 3.14. The number of nitrogens with two attached hydrogens (primary N) is 1. The molecule has 1 aromatic carbocycles. The predicted molar refractivity (Wildman–Crippen MR) is 59.6 cm³/mol. The average Bonchev–Trinajstić information content (AvgIpc) is 2.26. The van der Waals surface area contributed by atoms with Crippen molar-refractivity contribution in [1.82, 2.24) is 0 Å². The molecular formula is C10H12N2O3S. The van der Waals surface area contributed by atoms with Gasteiger partial charge in [0.1, 0.15) is 5.25 Å². The van der Waals surface area contributed by atoms with Gasteiger partial charge in [0, 0.05) is 6.54 Å². The summed E-state index contributed by atoms with van der Waals surface area (Å²) in [5, 5.41) is 1.54. The van der Waals surface area contributed by atoms with Gasteiger partial charge < -0.3 is 11.1 Å². The fourth-order valence-electron chi connectivity index (χ4n) is 1.68. The first-order chi connectivity index (χ1) is 7.48. The summed E-state index contributed by atoms with van der Waals surface area (Å²) in [4.78, 5) is 11.7. The van der Waals surface area contributed by atoms with E-state index in [1.54, 1.807) is 12.1 Å². The van der Waals surface area contributed by atoms with Gasteiger partial charge >= 0.3 is 0 Å². The lowest BCUT2D eigenvalue weighted by molar-refractivity contribution is -0.115. The fraction of sp³-hybridized carbons (Fsp3) is 0.300. The summed E-state index contributed by atoms with van der Waals surface area (Å²) < 4.78 is 24.0. The number of fused-ring (bicyclic) bond motifs is 1. The lowest BCUT2D eigenvalue weighted by Crippen LogP contribution is -2.38. The van der Waals surface area contributed by atoms with E-state index >= 15 is 0 Å². The van der Waals surface area contributed by atoms with Crippen LogP contribution in [0, 0.1) is 0 Å². The Bertz CT molecular complexity index is 551. The van der Waals surface area contributed by atoms with E-state index < -0.39 is 21.0 Å². The Morgan fingerprint density at radius 2 is 2.12 bits per heavy atom. The van der Waals surface area contributed by atoms with Gasteiger partial charge in [0.15, 0.2) is 9.84 Å². The number of amides is 1. The molecule has 0 fully saturated rings. The van der Waals surface area contributed by atoms with Crippen LogP contribution in [-0.2, 0) is 21.2 Å². The molecule has 16 heavy (non-hydrogen) atoms. The summed E-state index contributed by atoms with van der Waals surface area (Å²) in [7, 11) is -3.57. The Kier molecular flexibility index (Phi) is 2.47. The first-order valence-electron chi connectivity index (χ1n) is 4.85. The molecule has 0 aromatic heterocycles. The minimum atomic E-state index is -3.57. The number of hydrogen-bond acceptors (Lipinski definition) is 4. The Hall–Kier alpha value is -1.40. The van der Waals surface area contributed by atoms with E-state index in [1.807, 2.05) is 0 Å². The van der Waals surface area contributed by atoms with Gasteiger partial charge in [-0.3, -0.25) is 4.79 Å². The summed E-state index contributed by atoms with van der Waals surface area (Å²) in [5.41, 5.74) is 6.45. The third kappa shape index (κ3) is 1.42. The maximum atomic E-state index is 12.0. The average molecular weight is 240 g/mol. The van der Waals surface area contributed by atoms with E-state index in [-0.39, 0.29) is 11.4 Å². The van der Waals surface area contributed by atoms with E-state index in [1.165, 1.54) is 13.0 Å². The molecule has 1 aliphatic rings. The van der Waals surface area contributed by atoms with Crippen molar-refractivity contribution in [3.05, 3.63) is 23.8 Å². The van der Waals surface area contributed by atoms with Gasteiger partial charge in [0.2, 0.25) is 5.91 Å². The van der Waals surface area contributed by atoms with Crippen molar-refractivity contribution in [3.8, 4) is 0 Å². The highest BCUT2D eigenvalue weighted by Crippen LogP contribution is 2.32. The highest BCUT2D eigenvalue weighted by Gasteiger charge is 2.37. The van der Waals surface area contributed by atoms with Crippen molar-refractivity contribution in [1.29, 1.82) is 0 Å². The number of benzene rings is 1. The van der Waals surface area contributed by atoms with Gasteiger partial charge in [-0.15, -0.1) is 0 Å². The first kappa shape index (κ1) is 11.1. The quantitative estimate of drug-likeness (QED) is 0.736. The largest absolute Gasteiger partial charge is 0.326 e.